The van der Waals surface area contributed by atoms with Gasteiger partial charge in [-0.25, -0.2) is 0 Å². The number of carbonyl (C=O) groups is 1. The molecule has 0 unspecified atom stereocenters. The highest BCUT2D eigenvalue weighted by Gasteiger charge is 2.25. The minimum atomic E-state index is 0.123. The van der Waals surface area contributed by atoms with E-state index in [-0.39, 0.29) is 5.91 Å². The zero-order chi connectivity index (χ0) is 14.5. The molecule has 0 aromatic heterocycles. The molecule has 0 radical (unpaired) electrons. The monoisotopic (exact) mass is 281 g/mol. The first kappa shape index (κ1) is 15.8. The Kier molecular flexibility index (Phi) is 5.85. The van der Waals surface area contributed by atoms with Gasteiger partial charge < -0.3 is 10.2 Å². The molecule has 1 aliphatic heterocycles. The number of nitrogens with one attached hydrogen (secondary N) is 1. The maximum absolute atomic E-state index is 11.1. The average molecular weight is 281 g/mol. The first-order valence-electron chi connectivity index (χ1n) is 8.28. The summed E-state index contributed by atoms with van der Waals surface area (Å²) >= 11 is 0. The minimum Gasteiger partial charge on any atom is -0.354 e. The number of nitrogens with zero attached hydrogens (tertiary/aromatic N) is 2. The second kappa shape index (κ2) is 7.41. The number of piperazine rings is 1. The van der Waals surface area contributed by atoms with E-state index < -0.39 is 0 Å². The van der Waals surface area contributed by atoms with Gasteiger partial charge in [-0.15, -0.1) is 0 Å². The lowest BCUT2D eigenvalue weighted by Gasteiger charge is -2.39. The second-order valence-electron chi connectivity index (χ2n) is 6.85. The average Bonchev–Trinajstić information content (AvgIpc) is 2.41. The van der Waals surface area contributed by atoms with Gasteiger partial charge in [0.25, 0.3) is 0 Å². The van der Waals surface area contributed by atoms with Crippen molar-refractivity contribution in [2.45, 2.75) is 58.5 Å². The molecule has 2 aliphatic rings. The molecule has 116 valence electrons. The van der Waals surface area contributed by atoms with Gasteiger partial charge in [0.15, 0.2) is 0 Å². The largest absolute Gasteiger partial charge is 0.354 e. The van der Waals surface area contributed by atoms with Crippen molar-refractivity contribution in [1.29, 1.82) is 0 Å². The molecular formula is C16H31N3O. The lowest BCUT2D eigenvalue weighted by atomic mass is 9.85. The Labute approximate surface area is 123 Å². The smallest absolute Gasteiger partial charge is 0.217 e. The summed E-state index contributed by atoms with van der Waals surface area (Å²) < 4.78 is 0. The quantitative estimate of drug-likeness (QED) is 0.852. The van der Waals surface area contributed by atoms with Crippen LogP contribution in [0.2, 0.25) is 0 Å². The van der Waals surface area contributed by atoms with Crippen LogP contribution in [0.1, 0.15) is 46.5 Å². The van der Waals surface area contributed by atoms with Crippen LogP contribution < -0.4 is 5.32 Å². The summed E-state index contributed by atoms with van der Waals surface area (Å²) in [5.74, 6) is 0.962. The fourth-order valence-corrected chi connectivity index (χ4v) is 3.60. The normalized spacial score (nSPS) is 29.6. The van der Waals surface area contributed by atoms with E-state index in [2.05, 4.69) is 29.0 Å². The minimum absolute atomic E-state index is 0.123. The summed E-state index contributed by atoms with van der Waals surface area (Å²) in [6.45, 7) is 12.4. The summed E-state index contributed by atoms with van der Waals surface area (Å²) in [5, 5.41) is 3.06. The lowest BCUT2D eigenvalue weighted by Crippen LogP contribution is -2.50. The summed E-state index contributed by atoms with van der Waals surface area (Å²) in [6.07, 6.45) is 4.87. The van der Waals surface area contributed by atoms with Crippen LogP contribution >= 0.6 is 0 Å². The van der Waals surface area contributed by atoms with E-state index in [1.54, 1.807) is 6.92 Å². The molecule has 1 aliphatic carbocycles. The van der Waals surface area contributed by atoms with Crippen molar-refractivity contribution in [2.75, 3.05) is 32.7 Å². The molecule has 2 fully saturated rings. The predicted molar refractivity (Wildman–Crippen MR) is 82.7 cm³/mol. The topological polar surface area (TPSA) is 35.6 Å². The SMILES string of the molecule is CC(=O)NC1CCC(CN2CCN(C(C)C)CC2)CC1. The van der Waals surface area contributed by atoms with Gasteiger partial charge in [0, 0.05) is 51.7 Å². The summed E-state index contributed by atoms with van der Waals surface area (Å²) in [4.78, 5) is 16.3. The Hall–Kier alpha value is -0.610. The van der Waals surface area contributed by atoms with Crippen LogP contribution in [0.3, 0.4) is 0 Å². The molecule has 0 spiro atoms. The zero-order valence-electron chi connectivity index (χ0n) is 13.4. The van der Waals surface area contributed by atoms with Crippen LogP contribution in [0.5, 0.6) is 0 Å². The van der Waals surface area contributed by atoms with Gasteiger partial charge in [-0.2, -0.15) is 0 Å². The molecule has 1 amide bonds. The van der Waals surface area contributed by atoms with Crippen molar-refractivity contribution in [3.8, 4) is 0 Å². The highest BCUT2D eigenvalue weighted by atomic mass is 16.1. The molecule has 4 heteroatoms. The molecule has 0 bridgehead atoms. The highest BCUT2D eigenvalue weighted by Crippen LogP contribution is 2.25. The van der Waals surface area contributed by atoms with Crippen LogP contribution in [0.4, 0.5) is 0 Å². The lowest BCUT2D eigenvalue weighted by molar-refractivity contribution is -0.119. The Balaban J connectivity index is 1.65. The van der Waals surface area contributed by atoms with Crippen LogP contribution in [0.15, 0.2) is 0 Å². The van der Waals surface area contributed by atoms with Gasteiger partial charge in [-0.05, 0) is 45.4 Å². The van der Waals surface area contributed by atoms with Crippen molar-refractivity contribution in [3.05, 3.63) is 0 Å². The molecule has 0 aromatic carbocycles. The Bertz CT molecular complexity index is 303. The highest BCUT2D eigenvalue weighted by molar-refractivity contribution is 5.73. The van der Waals surface area contributed by atoms with E-state index in [1.165, 1.54) is 45.6 Å². The second-order valence-corrected chi connectivity index (χ2v) is 6.85. The van der Waals surface area contributed by atoms with Gasteiger partial charge in [0.1, 0.15) is 0 Å². The number of amides is 1. The van der Waals surface area contributed by atoms with Gasteiger partial charge >= 0.3 is 0 Å². The van der Waals surface area contributed by atoms with Crippen LogP contribution in [0, 0.1) is 5.92 Å². The molecule has 2 rings (SSSR count). The van der Waals surface area contributed by atoms with Crippen molar-refractivity contribution >= 4 is 5.91 Å². The van der Waals surface area contributed by atoms with Crippen molar-refractivity contribution in [1.82, 2.24) is 15.1 Å². The van der Waals surface area contributed by atoms with Gasteiger partial charge in [0.2, 0.25) is 5.91 Å². The van der Waals surface area contributed by atoms with E-state index in [9.17, 15) is 4.79 Å². The van der Waals surface area contributed by atoms with Gasteiger partial charge in [-0.1, -0.05) is 0 Å². The summed E-state index contributed by atoms with van der Waals surface area (Å²) in [6, 6.07) is 1.12. The molecule has 1 saturated carbocycles. The molecule has 0 atom stereocenters. The van der Waals surface area contributed by atoms with Crippen molar-refractivity contribution < 1.29 is 4.79 Å². The zero-order valence-corrected chi connectivity index (χ0v) is 13.4. The van der Waals surface area contributed by atoms with Crippen molar-refractivity contribution in [2.24, 2.45) is 5.92 Å². The molecule has 0 aromatic rings. The fourth-order valence-electron chi connectivity index (χ4n) is 3.60. The van der Waals surface area contributed by atoms with Crippen LogP contribution in [-0.2, 0) is 4.79 Å². The molecule has 1 saturated heterocycles. The van der Waals surface area contributed by atoms with E-state index in [0.29, 0.717) is 12.1 Å². The fraction of sp³-hybridized carbons (Fsp3) is 0.938. The molecular weight excluding hydrogens is 250 g/mol. The Morgan fingerprint density at radius 2 is 1.70 bits per heavy atom. The van der Waals surface area contributed by atoms with Crippen LogP contribution in [-0.4, -0.2) is 60.5 Å². The van der Waals surface area contributed by atoms with Crippen molar-refractivity contribution in [3.63, 3.8) is 0 Å². The molecule has 20 heavy (non-hydrogen) atoms. The van der Waals surface area contributed by atoms with Gasteiger partial charge in [-0.3, -0.25) is 9.69 Å². The first-order chi connectivity index (χ1) is 9.54. The number of hydrogen-bond acceptors (Lipinski definition) is 3. The van der Waals surface area contributed by atoms with E-state index in [1.807, 2.05) is 0 Å². The van der Waals surface area contributed by atoms with E-state index in [0.717, 1.165) is 18.8 Å². The summed E-state index contributed by atoms with van der Waals surface area (Å²) in [5.41, 5.74) is 0. The molecule has 1 heterocycles. The number of rotatable bonds is 4. The van der Waals surface area contributed by atoms with E-state index in [4.69, 9.17) is 0 Å². The standard InChI is InChI=1S/C16H31N3O/c1-13(2)19-10-8-18(9-11-19)12-15-4-6-16(7-5-15)17-14(3)20/h13,15-16H,4-12H2,1-3H3,(H,17,20). The molecule has 4 nitrogen and oxygen atoms in total. The van der Waals surface area contributed by atoms with E-state index >= 15 is 0 Å². The maximum Gasteiger partial charge on any atom is 0.217 e. The maximum atomic E-state index is 11.1. The first-order valence-corrected chi connectivity index (χ1v) is 8.28. The third-order valence-electron chi connectivity index (χ3n) is 4.91. The summed E-state index contributed by atoms with van der Waals surface area (Å²) in [7, 11) is 0. The third-order valence-corrected chi connectivity index (χ3v) is 4.91. The van der Waals surface area contributed by atoms with Gasteiger partial charge in [0.05, 0.1) is 0 Å². The number of carbonyl (C=O) groups excluding carboxylic acids is 1. The predicted octanol–water partition coefficient (Wildman–Crippen LogP) is 1.71. The Morgan fingerprint density at radius 3 is 2.20 bits per heavy atom. The molecule has 1 N–H and O–H groups in total. The van der Waals surface area contributed by atoms with Crippen LogP contribution in [0.25, 0.3) is 0 Å². The Morgan fingerprint density at radius 1 is 1.10 bits per heavy atom. The number of hydrogen-bond donors (Lipinski definition) is 1. The third kappa shape index (κ3) is 4.74.